The molecule has 9 heteroatoms. The van der Waals surface area contributed by atoms with Gasteiger partial charge in [-0.15, -0.1) is 12.4 Å². The van der Waals surface area contributed by atoms with Gasteiger partial charge in [-0.3, -0.25) is 4.79 Å². The van der Waals surface area contributed by atoms with E-state index >= 15 is 0 Å². The molecule has 1 aliphatic rings. The number of methoxy groups -OCH3 is 2. The third-order valence-electron chi connectivity index (χ3n) is 4.03. The quantitative estimate of drug-likeness (QED) is 0.822. The van der Waals surface area contributed by atoms with Gasteiger partial charge in [0.15, 0.2) is 11.5 Å². The Morgan fingerprint density at radius 2 is 1.88 bits per heavy atom. The summed E-state index contributed by atoms with van der Waals surface area (Å²) in [5, 5.41) is 3.17. The molecule has 1 heterocycles. The van der Waals surface area contributed by atoms with Crippen molar-refractivity contribution in [3.8, 4) is 17.2 Å². The highest BCUT2D eigenvalue weighted by atomic mass is 35.5. The zero-order chi connectivity index (χ0) is 17.7. The standard InChI is InChI=1S/C16H22F2N2O4.ClH/c1-19-11-5-4-6-20(9-11)15(21)10-7-12(22-2)14(24-16(17)18)13(8-10)23-3;/h7-8,11,16,19H,4-6,9H2,1-3H3;1H. The van der Waals surface area contributed by atoms with E-state index in [-0.39, 0.29) is 41.6 Å². The van der Waals surface area contributed by atoms with Gasteiger partial charge in [0.1, 0.15) is 0 Å². The predicted molar refractivity (Wildman–Crippen MR) is 91.4 cm³/mol. The van der Waals surface area contributed by atoms with Crippen molar-refractivity contribution < 1.29 is 27.8 Å². The molecule has 1 fully saturated rings. The summed E-state index contributed by atoms with van der Waals surface area (Å²) < 4.78 is 39.8. The van der Waals surface area contributed by atoms with Crippen LogP contribution in [-0.4, -0.2) is 57.8 Å². The second-order valence-corrected chi connectivity index (χ2v) is 5.47. The van der Waals surface area contributed by atoms with Crippen LogP contribution in [0.3, 0.4) is 0 Å². The van der Waals surface area contributed by atoms with E-state index in [0.29, 0.717) is 18.7 Å². The molecule has 1 saturated heterocycles. The summed E-state index contributed by atoms with van der Waals surface area (Å²) in [7, 11) is 4.50. The second-order valence-electron chi connectivity index (χ2n) is 5.47. The molecule has 1 aromatic carbocycles. The molecule has 1 aromatic rings. The van der Waals surface area contributed by atoms with Crippen molar-refractivity contribution in [1.82, 2.24) is 10.2 Å². The molecule has 0 aliphatic carbocycles. The number of piperidine rings is 1. The molecule has 1 atom stereocenters. The lowest BCUT2D eigenvalue weighted by molar-refractivity contribution is -0.0526. The van der Waals surface area contributed by atoms with Crippen molar-refractivity contribution >= 4 is 18.3 Å². The van der Waals surface area contributed by atoms with Crippen LogP contribution in [0.1, 0.15) is 23.2 Å². The zero-order valence-corrected chi connectivity index (χ0v) is 15.2. The lowest BCUT2D eigenvalue weighted by atomic mass is 10.0. The molecule has 1 aliphatic heterocycles. The van der Waals surface area contributed by atoms with Crippen LogP contribution in [0.5, 0.6) is 17.2 Å². The highest BCUT2D eigenvalue weighted by Crippen LogP contribution is 2.39. The Balaban J connectivity index is 0.00000312. The van der Waals surface area contributed by atoms with E-state index in [1.807, 2.05) is 7.05 Å². The zero-order valence-electron chi connectivity index (χ0n) is 14.4. The van der Waals surface area contributed by atoms with E-state index in [4.69, 9.17) is 9.47 Å². The van der Waals surface area contributed by atoms with E-state index in [1.165, 1.54) is 26.4 Å². The van der Waals surface area contributed by atoms with E-state index in [0.717, 1.165) is 12.8 Å². The molecular formula is C16H23ClF2N2O4. The van der Waals surface area contributed by atoms with Gasteiger partial charge >= 0.3 is 6.61 Å². The monoisotopic (exact) mass is 380 g/mol. The maximum atomic E-state index is 12.7. The highest BCUT2D eigenvalue weighted by Gasteiger charge is 2.26. The van der Waals surface area contributed by atoms with Gasteiger partial charge in [-0.25, -0.2) is 0 Å². The highest BCUT2D eigenvalue weighted by molar-refractivity contribution is 5.95. The van der Waals surface area contributed by atoms with Crippen molar-refractivity contribution in [2.45, 2.75) is 25.5 Å². The van der Waals surface area contributed by atoms with Gasteiger partial charge in [0, 0.05) is 24.7 Å². The Bertz CT molecular complexity index is 564. The van der Waals surface area contributed by atoms with Crippen LogP contribution in [0.25, 0.3) is 0 Å². The fourth-order valence-corrected chi connectivity index (χ4v) is 2.79. The number of halogens is 3. The van der Waals surface area contributed by atoms with Crippen molar-refractivity contribution in [2.24, 2.45) is 0 Å². The second kappa shape index (κ2) is 9.62. The molecule has 1 unspecified atom stereocenters. The van der Waals surface area contributed by atoms with Gasteiger partial charge in [0.05, 0.1) is 14.2 Å². The van der Waals surface area contributed by atoms with Crippen molar-refractivity contribution in [3.05, 3.63) is 17.7 Å². The van der Waals surface area contributed by atoms with Gasteiger partial charge < -0.3 is 24.4 Å². The third-order valence-corrected chi connectivity index (χ3v) is 4.03. The molecule has 0 bridgehead atoms. The van der Waals surface area contributed by atoms with E-state index in [9.17, 15) is 13.6 Å². The van der Waals surface area contributed by atoms with Crippen LogP contribution < -0.4 is 19.5 Å². The van der Waals surface area contributed by atoms with Crippen molar-refractivity contribution in [3.63, 3.8) is 0 Å². The summed E-state index contributed by atoms with van der Waals surface area (Å²) in [4.78, 5) is 14.5. The Kier molecular flexibility index (Phi) is 8.18. The SMILES string of the molecule is CNC1CCCN(C(=O)c2cc(OC)c(OC(F)F)c(OC)c2)C1.Cl. The minimum atomic E-state index is -3.02. The normalized spacial score (nSPS) is 17.0. The maximum absolute atomic E-state index is 12.7. The molecule has 1 amide bonds. The first-order valence-corrected chi connectivity index (χ1v) is 7.67. The summed E-state index contributed by atoms with van der Waals surface area (Å²) in [6.07, 6.45) is 1.91. The summed E-state index contributed by atoms with van der Waals surface area (Å²) in [6, 6.07) is 3.03. The Labute approximate surface area is 151 Å². The van der Waals surface area contributed by atoms with Gasteiger partial charge in [-0.1, -0.05) is 0 Å². The number of likely N-dealkylation sites (N-methyl/N-ethyl adjacent to an activating group) is 1. The third kappa shape index (κ3) is 5.09. The number of ether oxygens (including phenoxy) is 3. The first-order valence-electron chi connectivity index (χ1n) is 7.67. The number of benzene rings is 1. The summed E-state index contributed by atoms with van der Waals surface area (Å²) in [5.41, 5.74) is 0.307. The Morgan fingerprint density at radius 1 is 1.28 bits per heavy atom. The average Bonchev–Trinajstić information content (AvgIpc) is 2.60. The molecule has 0 aromatic heterocycles. The lowest BCUT2D eigenvalue weighted by Gasteiger charge is -2.32. The van der Waals surface area contributed by atoms with Crippen molar-refractivity contribution in [1.29, 1.82) is 0 Å². The molecule has 6 nitrogen and oxygen atoms in total. The Morgan fingerprint density at radius 3 is 2.36 bits per heavy atom. The predicted octanol–water partition coefficient (Wildman–Crippen LogP) is 2.55. The van der Waals surface area contributed by atoms with Crippen LogP contribution >= 0.6 is 12.4 Å². The largest absolute Gasteiger partial charge is 0.493 e. The molecule has 2 rings (SSSR count). The smallest absolute Gasteiger partial charge is 0.387 e. The van der Waals surface area contributed by atoms with Crippen molar-refractivity contribution in [2.75, 3.05) is 34.4 Å². The number of nitrogens with zero attached hydrogens (tertiary/aromatic N) is 1. The fourth-order valence-electron chi connectivity index (χ4n) is 2.79. The molecule has 0 radical (unpaired) electrons. The lowest BCUT2D eigenvalue weighted by Crippen LogP contribution is -2.46. The number of alkyl halides is 2. The minimum Gasteiger partial charge on any atom is -0.493 e. The number of hydrogen-bond acceptors (Lipinski definition) is 5. The molecule has 1 N–H and O–H groups in total. The van der Waals surface area contributed by atoms with Gasteiger partial charge in [0.2, 0.25) is 5.75 Å². The fraction of sp³-hybridized carbons (Fsp3) is 0.562. The number of carbonyl (C=O) groups excluding carboxylic acids is 1. The van der Waals surface area contributed by atoms with E-state index in [2.05, 4.69) is 10.1 Å². The van der Waals surface area contributed by atoms with E-state index in [1.54, 1.807) is 4.90 Å². The minimum absolute atomic E-state index is 0. The number of rotatable bonds is 6. The number of carbonyl (C=O) groups is 1. The topological polar surface area (TPSA) is 60.0 Å². The van der Waals surface area contributed by atoms with Gasteiger partial charge in [-0.05, 0) is 32.0 Å². The Hall–Kier alpha value is -1.80. The van der Waals surface area contributed by atoms with Crippen LogP contribution in [0.15, 0.2) is 12.1 Å². The first kappa shape index (κ1) is 21.2. The molecule has 25 heavy (non-hydrogen) atoms. The molecule has 142 valence electrons. The summed E-state index contributed by atoms with van der Waals surface area (Å²) in [6.45, 7) is -1.78. The molecular weight excluding hydrogens is 358 g/mol. The number of hydrogen-bond donors (Lipinski definition) is 1. The molecule has 0 saturated carbocycles. The summed E-state index contributed by atoms with van der Waals surface area (Å²) in [5.74, 6) is -0.367. The van der Waals surface area contributed by atoms with Gasteiger partial charge in [0.25, 0.3) is 5.91 Å². The first-order chi connectivity index (χ1) is 11.5. The number of amides is 1. The van der Waals surface area contributed by atoms with Crippen LogP contribution in [0.2, 0.25) is 0 Å². The number of nitrogens with one attached hydrogen (secondary N) is 1. The van der Waals surface area contributed by atoms with Crippen LogP contribution in [0.4, 0.5) is 8.78 Å². The maximum Gasteiger partial charge on any atom is 0.387 e. The average molecular weight is 381 g/mol. The van der Waals surface area contributed by atoms with Gasteiger partial charge in [-0.2, -0.15) is 8.78 Å². The van der Waals surface area contributed by atoms with Crippen LogP contribution in [-0.2, 0) is 0 Å². The number of likely N-dealkylation sites (tertiary alicyclic amines) is 1. The molecule has 0 spiro atoms. The van der Waals surface area contributed by atoms with E-state index < -0.39 is 6.61 Å². The van der Waals surface area contributed by atoms with Crippen LogP contribution in [0, 0.1) is 0 Å². The summed E-state index contributed by atoms with van der Waals surface area (Å²) >= 11 is 0.